The molecule has 26 heavy (non-hydrogen) atoms. The van der Waals surface area contributed by atoms with Crippen molar-refractivity contribution in [3.8, 4) is 5.75 Å². The highest BCUT2D eigenvalue weighted by molar-refractivity contribution is 5.83. The number of benzene rings is 2. The Morgan fingerprint density at radius 2 is 1.69 bits per heavy atom. The van der Waals surface area contributed by atoms with E-state index in [0.717, 1.165) is 31.4 Å². The quantitative estimate of drug-likeness (QED) is 0.883. The normalized spacial score (nSPS) is 26.5. The zero-order valence-corrected chi connectivity index (χ0v) is 15.2. The molecule has 0 amide bonds. The van der Waals surface area contributed by atoms with Gasteiger partial charge in [-0.1, -0.05) is 55.3 Å². The lowest BCUT2D eigenvalue weighted by Gasteiger charge is -2.48. The van der Waals surface area contributed by atoms with E-state index in [1.165, 1.54) is 18.4 Å². The van der Waals surface area contributed by atoms with E-state index in [1.54, 1.807) is 12.1 Å². The van der Waals surface area contributed by atoms with Crippen molar-refractivity contribution in [2.24, 2.45) is 5.92 Å². The van der Waals surface area contributed by atoms with Crippen LogP contribution in [0.3, 0.4) is 0 Å². The van der Waals surface area contributed by atoms with Crippen molar-refractivity contribution in [2.45, 2.75) is 50.6 Å². The minimum atomic E-state index is 0.131. The second kappa shape index (κ2) is 7.63. The van der Waals surface area contributed by atoms with Gasteiger partial charge in [0.25, 0.3) is 0 Å². The minimum Gasteiger partial charge on any atom is -0.508 e. The number of rotatable bonds is 4. The Kier molecular flexibility index (Phi) is 5.07. The number of aromatic hydroxyl groups is 1. The Labute approximate surface area is 155 Å². The summed E-state index contributed by atoms with van der Waals surface area (Å²) >= 11 is 0. The lowest BCUT2D eigenvalue weighted by molar-refractivity contribution is -0.134. The van der Waals surface area contributed by atoms with E-state index < -0.39 is 0 Å². The third-order valence-electron chi connectivity index (χ3n) is 6.14. The third-order valence-corrected chi connectivity index (χ3v) is 6.14. The summed E-state index contributed by atoms with van der Waals surface area (Å²) in [5.41, 5.74) is 2.49. The summed E-state index contributed by atoms with van der Waals surface area (Å²) in [5.74, 6) is 0.930. The summed E-state index contributed by atoms with van der Waals surface area (Å²) in [4.78, 5) is 15.4. The predicted molar refractivity (Wildman–Crippen MR) is 103 cm³/mol. The Hall–Kier alpha value is -2.13. The van der Waals surface area contributed by atoms with Crippen molar-refractivity contribution >= 4 is 5.78 Å². The molecule has 2 aromatic rings. The van der Waals surface area contributed by atoms with Crippen LogP contribution in [-0.2, 0) is 11.2 Å². The van der Waals surface area contributed by atoms with Crippen LogP contribution >= 0.6 is 0 Å². The molecule has 2 aromatic carbocycles. The van der Waals surface area contributed by atoms with E-state index in [-0.39, 0.29) is 17.7 Å². The van der Waals surface area contributed by atoms with Crippen LogP contribution in [0.4, 0.5) is 0 Å². The molecule has 1 heterocycles. The number of nitrogens with zero attached hydrogens (tertiary/aromatic N) is 1. The van der Waals surface area contributed by atoms with Crippen LogP contribution in [-0.4, -0.2) is 28.4 Å². The second-order valence-electron chi connectivity index (χ2n) is 7.71. The van der Waals surface area contributed by atoms with E-state index in [1.807, 2.05) is 12.1 Å². The van der Waals surface area contributed by atoms with Crippen molar-refractivity contribution in [3.63, 3.8) is 0 Å². The van der Waals surface area contributed by atoms with Crippen molar-refractivity contribution in [3.05, 3.63) is 65.7 Å². The van der Waals surface area contributed by atoms with Gasteiger partial charge in [-0.2, -0.15) is 0 Å². The molecule has 136 valence electrons. The van der Waals surface area contributed by atoms with Gasteiger partial charge in [0.2, 0.25) is 0 Å². The summed E-state index contributed by atoms with van der Waals surface area (Å²) in [5, 5.41) is 9.63. The van der Waals surface area contributed by atoms with Crippen LogP contribution in [0, 0.1) is 5.92 Å². The highest BCUT2D eigenvalue weighted by atomic mass is 16.3. The molecule has 0 spiro atoms. The predicted octanol–water partition coefficient (Wildman–Crippen LogP) is 4.51. The molecule has 0 aromatic heterocycles. The molecule has 0 radical (unpaired) electrons. The number of hydrogen-bond acceptors (Lipinski definition) is 3. The van der Waals surface area contributed by atoms with Gasteiger partial charge < -0.3 is 5.11 Å². The van der Waals surface area contributed by atoms with Gasteiger partial charge in [-0.25, -0.2) is 0 Å². The monoisotopic (exact) mass is 349 g/mol. The van der Waals surface area contributed by atoms with Gasteiger partial charge in [0.1, 0.15) is 11.5 Å². The Morgan fingerprint density at radius 1 is 0.962 bits per heavy atom. The number of carbonyl (C=O) groups is 1. The fraction of sp³-hybridized carbons (Fsp3) is 0.435. The highest BCUT2D eigenvalue weighted by Gasteiger charge is 2.43. The maximum absolute atomic E-state index is 12.8. The number of piperidine rings is 1. The lowest BCUT2D eigenvalue weighted by Crippen LogP contribution is -2.52. The molecule has 0 bridgehead atoms. The van der Waals surface area contributed by atoms with E-state index >= 15 is 0 Å². The second-order valence-corrected chi connectivity index (χ2v) is 7.71. The molecule has 3 nitrogen and oxygen atoms in total. The molecule has 0 unspecified atom stereocenters. The number of hydrogen-bond donors (Lipinski definition) is 1. The van der Waals surface area contributed by atoms with Crippen molar-refractivity contribution < 1.29 is 9.90 Å². The molecule has 1 aliphatic carbocycles. The average Bonchev–Trinajstić information content (AvgIpc) is 2.69. The van der Waals surface area contributed by atoms with Gasteiger partial charge in [0, 0.05) is 31.0 Å². The highest BCUT2D eigenvalue weighted by Crippen LogP contribution is 2.41. The number of phenolic OH excluding ortho intramolecular Hbond substituents is 1. The SMILES string of the molecule is O=C1C[C@@H](c2ccc(O)cc2)N(CCc2ccccc2)[C@H]2CCCC[C@H]12. The number of carbonyl (C=O) groups excluding carboxylic acids is 1. The standard InChI is InChI=1S/C23H27NO2/c25-19-12-10-18(11-13-19)22-16-23(26)20-8-4-5-9-21(20)24(22)15-14-17-6-2-1-3-7-17/h1-3,6-7,10-13,20-22,25H,4-5,8-9,14-16H2/t20-,21-,22-/m0/s1. The first-order valence-corrected chi connectivity index (χ1v) is 9.83. The van der Waals surface area contributed by atoms with Crippen LogP contribution in [0.15, 0.2) is 54.6 Å². The van der Waals surface area contributed by atoms with Crippen LogP contribution in [0.25, 0.3) is 0 Å². The smallest absolute Gasteiger partial charge is 0.139 e. The molecular weight excluding hydrogens is 322 g/mol. The van der Waals surface area contributed by atoms with Gasteiger partial charge in [-0.3, -0.25) is 9.69 Å². The fourth-order valence-corrected chi connectivity index (χ4v) is 4.80. The molecule has 2 fully saturated rings. The molecule has 1 saturated heterocycles. The first-order chi connectivity index (χ1) is 12.7. The van der Waals surface area contributed by atoms with Gasteiger partial charge >= 0.3 is 0 Å². The molecule has 1 N–H and O–H groups in total. The minimum absolute atomic E-state index is 0.131. The van der Waals surface area contributed by atoms with Gasteiger partial charge in [0.15, 0.2) is 0 Å². The summed E-state index contributed by atoms with van der Waals surface area (Å²) in [6.45, 7) is 0.976. The van der Waals surface area contributed by atoms with Crippen LogP contribution in [0.5, 0.6) is 5.75 Å². The molecule has 1 saturated carbocycles. The maximum atomic E-state index is 12.8. The van der Waals surface area contributed by atoms with E-state index in [2.05, 4.69) is 35.2 Å². The average molecular weight is 349 g/mol. The summed E-state index contributed by atoms with van der Waals surface area (Å²) in [6, 6.07) is 18.5. The Bertz CT molecular complexity index is 741. The molecule has 3 atom stereocenters. The third kappa shape index (κ3) is 3.54. The summed E-state index contributed by atoms with van der Waals surface area (Å²) in [7, 11) is 0. The van der Waals surface area contributed by atoms with E-state index in [4.69, 9.17) is 0 Å². The molecular formula is C23H27NO2. The molecule has 2 aliphatic rings. The van der Waals surface area contributed by atoms with E-state index in [0.29, 0.717) is 18.2 Å². The number of fused-ring (bicyclic) bond motifs is 1. The first kappa shape index (κ1) is 17.3. The van der Waals surface area contributed by atoms with Crippen LogP contribution in [0.2, 0.25) is 0 Å². The lowest BCUT2D eigenvalue weighted by atomic mass is 9.74. The first-order valence-electron chi connectivity index (χ1n) is 9.83. The van der Waals surface area contributed by atoms with Crippen molar-refractivity contribution in [2.75, 3.05) is 6.54 Å². The zero-order valence-electron chi connectivity index (χ0n) is 15.2. The molecule has 3 heteroatoms. The van der Waals surface area contributed by atoms with Gasteiger partial charge in [0.05, 0.1) is 0 Å². The maximum Gasteiger partial charge on any atom is 0.139 e. The van der Waals surface area contributed by atoms with E-state index in [9.17, 15) is 9.90 Å². The molecule has 1 aliphatic heterocycles. The fourth-order valence-electron chi connectivity index (χ4n) is 4.80. The summed E-state index contributed by atoms with van der Waals surface area (Å²) < 4.78 is 0. The molecule has 4 rings (SSSR count). The Morgan fingerprint density at radius 3 is 2.46 bits per heavy atom. The van der Waals surface area contributed by atoms with Crippen LogP contribution in [0.1, 0.15) is 49.3 Å². The topological polar surface area (TPSA) is 40.5 Å². The number of Topliss-reactive ketones (excluding diaryl/α,β-unsaturated/α-hetero) is 1. The zero-order chi connectivity index (χ0) is 17.9. The largest absolute Gasteiger partial charge is 0.508 e. The van der Waals surface area contributed by atoms with Crippen LogP contribution < -0.4 is 0 Å². The number of ketones is 1. The number of likely N-dealkylation sites (tertiary alicyclic amines) is 1. The van der Waals surface area contributed by atoms with Crippen molar-refractivity contribution in [1.29, 1.82) is 0 Å². The Balaban J connectivity index is 1.60. The summed E-state index contributed by atoms with van der Waals surface area (Å²) in [6.07, 6.45) is 6.18. The van der Waals surface area contributed by atoms with Crippen molar-refractivity contribution in [1.82, 2.24) is 4.90 Å². The van der Waals surface area contributed by atoms with Gasteiger partial charge in [-0.15, -0.1) is 0 Å². The van der Waals surface area contributed by atoms with Gasteiger partial charge in [-0.05, 0) is 42.5 Å². The number of phenols is 1.